The third kappa shape index (κ3) is 4.01. The molecule has 29 heavy (non-hydrogen) atoms. The van der Waals surface area contributed by atoms with Crippen molar-refractivity contribution in [3.63, 3.8) is 0 Å². The molecule has 0 saturated carbocycles. The summed E-state index contributed by atoms with van der Waals surface area (Å²) in [6.45, 7) is 2.52. The third-order valence-electron chi connectivity index (χ3n) is 5.38. The second kappa shape index (κ2) is 8.46. The van der Waals surface area contributed by atoms with Crippen LogP contribution >= 0.6 is 0 Å². The maximum absolute atomic E-state index is 12.8. The Morgan fingerprint density at radius 1 is 1.10 bits per heavy atom. The average Bonchev–Trinajstić information content (AvgIpc) is 3.37. The van der Waals surface area contributed by atoms with Crippen LogP contribution in [0.1, 0.15) is 32.1 Å². The van der Waals surface area contributed by atoms with Gasteiger partial charge in [-0.3, -0.25) is 19.0 Å². The quantitative estimate of drug-likeness (QED) is 0.586. The molecule has 0 aromatic carbocycles. The van der Waals surface area contributed by atoms with Crippen molar-refractivity contribution in [2.24, 2.45) is 0 Å². The molecule has 4 heterocycles. The van der Waals surface area contributed by atoms with Crippen molar-refractivity contribution >= 4 is 28.5 Å². The SMILES string of the molecule is O=C(CCCn1c(=O)c2cccn2c2cccnc21)NCCCN1CCCC1=O. The fraction of sp³-hybridized carbons (Fsp3) is 0.429. The highest BCUT2D eigenvalue weighted by Gasteiger charge is 2.19. The molecule has 0 radical (unpaired) electrons. The number of hydrogen-bond acceptors (Lipinski definition) is 4. The van der Waals surface area contributed by atoms with Crippen molar-refractivity contribution < 1.29 is 9.59 Å². The van der Waals surface area contributed by atoms with Crippen molar-refractivity contribution in [2.45, 2.75) is 38.6 Å². The van der Waals surface area contributed by atoms with E-state index < -0.39 is 0 Å². The third-order valence-corrected chi connectivity index (χ3v) is 5.38. The van der Waals surface area contributed by atoms with Crippen LogP contribution in [0.5, 0.6) is 0 Å². The molecule has 4 rings (SSSR count). The van der Waals surface area contributed by atoms with E-state index in [1.807, 2.05) is 33.7 Å². The number of fused-ring (bicyclic) bond motifs is 3. The molecule has 0 spiro atoms. The normalized spacial score (nSPS) is 14.2. The molecule has 152 valence electrons. The predicted octanol–water partition coefficient (Wildman–Crippen LogP) is 1.56. The number of nitrogens with one attached hydrogen (secondary N) is 1. The molecule has 0 bridgehead atoms. The van der Waals surface area contributed by atoms with Crippen LogP contribution in [0.3, 0.4) is 0 Å². The number of carbonyl (C=O) groups is 2. The molecule has 1 aliphatic heterocycles. The minimum atomic E-state index is -0.100. The number of aryl methyl sites for hydroxylation is 1. The largest absolute Gasteiger partial charge is 0.356 e. The molecular weight excluding hydrogens is 370 g/mol. The van der Waals surface area contributed by atoms with Crippen LogP contribution in [0, 0.1) is 0 Å². The van der Waals surface area contributed by atoms with E-state index in [0.717, 1.165) is 24.9 Å². The molecule has 3 aromatic heterocycles. The lowest BCUT2D eigenvalue weighted by Gasteiger charge is -2.15. The molecule has 1 aliphatic rings. The highest BCUT2D eigenvalue weighted by Crippen LogP contribution is 2.13. The van der Waals surface area contributed by atoms with E-state index in [1.54, 1.807) is 16.8 Å². The summed E-state index contributed by atoms with van der Waals surface area (Å²) in [5.41, 5.74) is 1.99. The first-order chi connectivity index (χ1) is 14.1. The maximum Gasteiger partial charge on any atom is 0.276 e. The van der Waals surface area contributed by atoms with E-state index >= 15 is 0 Å². The van der Waals surface area contributed by atoms with Crippen molar-refractivity contribution in [2.75, 3.05) is 19.6 Å². The van der Waals surface area contributed by atoms with E-state index in [4.69, 9.17) is 0 Å². The second-order valence-electron chi connectivity index (χ2n) is 7.36. The molecule has 8 heteroatoms. The molecule has 2 amide bonds. The molecule has 1 fully saturated rings. The summed E-state index contributed by atoms with van der Waals surface area (Å²) < 4.78 is 3.50. The van der Waals surface area contributed by atoms with Crippen LogP contribution in [-0.4, -0.2) is 50.3 Å². The Hall–Kier alpha value is -3.16. The van der Waals surface area contributed by atoms with Crippen molar-refractivity contribution in [3.05, 3.63) is 47.0 Å². The minimum Gasteiger partial charge on any atom is -0.356 e. The molecule has 1 N–H and O–H groups in total. The van der Waals surface area contributed by atoms with Gasteiger partial charge in [-0.2, -0.15) is 0 Å². The van der Waals surface area contributed by atoms with Gasteiger partial charge < -0.3 is 14.6 Å². The van der Waals surface area contributed by atoms with E-state index in [-0.39, 0.29) is 17.4 Å². The zero-order valence-electron chi connectivity index (χ0n) is 16.3. The number of rotatable bonds is 8. The standard InChI is InChI=1S/C21H25N5O3/c27-18(22-11-5-13-24-12-4-9-19(24)28)8-3-15-26-20-16(6-1-10-23-20)25-14-2-7-17(25)21(26)29/h1-2,6-7,10,14H,3-5,8-9,11-13,15H2,(H,22,27). The molecule has 0 aliphatic carbocycles. The number of hydrogen-bond donors (Lipinski definition) is 1. The van der Waals surface area contributed by atoms with E-state index in [9.17, 15) is 14.4 Å². The summed E-state index contributed by atoms with van der Waals surface area (Å²) in [4.78, 5) is 42.7. The minimum absolute atomic E-state index is 0.0353. The van der Waals surface area contributed by atoms with Gasteiger partial charge in [0.25, 0.3) is 5.56 Å². The summed E-state index contributed by atoms with van der Waals surface area (Å²) >= 11 is 0. The lowest BCUT2D eigenvalue weighted by Crippen LogP contribution is -2.31. The first-order valence-electron chi connectivity index (χ1n) is 10.1. The highest BCUT2D eigenvalue weighted by molar-refractivity contribution is 5.78. The van der Waals surface area contributed by atoms with E-state index in [2.05, 4.69) is 10.3 Å². The maximum atomic E-state index is 12.8. The van der Waals surface area contributed by atoms with Gasteiger partial charge in [0.1, 0.15) is 5.52 Å². The van der Waals surface area contributed by atoms with Crippen LogP contribution in [0.4, 0.5) is 0 Å². The van der Waals surface area contributed by atoms with Gasteiger partial charge in [0, 0.05) is 51.4 Å². The zero-order valence-corrected chi connectivity index (χ0v) is 16.3. The number of carbonyl (C=O) groups excluding carboxylic acids is 2. The number of aromatic nitrogens is 3. The summed E-state index contributed by atoms with van der Waals surface area (Å²) in [7, 11) is 0. The van der Waals surface area contributed by atoms with Crippen LogP contribution < -0.4 is 10.9 Å². The molecule has 8 nitrogen and oxygen atoms in total. The molecule has 0 atom stereocenters. The Bertz CT molecular complexity index is 1100. The smallest absolute Gasteiger partial charge is 0.276 e. The Kier molecular flexibility index (Phi) is 5.59. The Balaban J connectivity index is 1.31. The van der Waals surface area contributed by atoms with Crippen LogP contribution in [-0.2, 0) is 16.1 Å². The number of likely N-dealkylation sites (tertiary alicyclic amines) is 1. The van der Waals surface area contributed by atoms with Crippen LogP contribution in [0.25, 0.3) is 16.7 Å². The summed E-state index contributed by atoms with van der Waals surface area (Å²) in [6, 6.07) is 7.42. The Morgan fingerprint density at radius 3 is 2.79 bits per heavy atom. The fourth-order valence-electron chi connectivity index (χ4n) is 3.92. The molecule has 0 unspecified atom stereocenters. The zero-order chi connectivity index (χ0) is 20.2. The lowest BCUT2D eigenvalue weighted by atomic mass is 10.2. The lowest BCUT2D eigenvalue weighted by molar-refractivity contribution is -0.127. The van der Waals surface area contributed by atoms with Gasteiger partial charge in [0.05, 0.1) is 5.52 Å². The van der Waals surface area contributed by atoms with Crippen LogP contribution in [0.2, 0.25) is 0 Å². The second-order valence-corrected chi connectivity index (χ2v) is 7.36. The van der Waals surface area contributed by atoms with Gasteiger partial charge in [0.2, 0.25) is 11.8 Å². The van der Waals surface area contributed by atoms with Gasteiger partial charge in [-0.05, 0) is 43.5 Å². The van der Waals surface area contributed by atoms with Gasteiger partial charge in [0.15, 0.2) is 5.65 Å². The summed E-state index contributed by atoms with van der Waals surface area (Å²) in [5.74, 6) is 0.175. The monoisotopic (exact) mass is 395 g/mol. The summed E-state index contributed by atoms with van der Waals surface area (Å²) in [6.07, 6.45) is 6.76. The van der Waals surface area contributed by atoms with Crippen molar-refractivity contribution in [1.82, 2.24) is 24.2 Å². The first-order valence-corrected chi connectivity index (χ1v) is 10.1. The topological polar surface area (TPSA) is 88.7 Å². The van der Waals surface area contributed by atoms with Crippen molar-refractivity contribution in [3.8, 4) is 0 Å². The van der Waals surface area contributed by atoms with Crippen molar-refractivity contribution in [1.29, 1.82) is 0 Å². The first kappa shape index (κ1) is 19.2. The fourth-order valence-corrected chi connectivity index (χ4v) is 3.92. The Labute approximate surface area is 168 Å². The van der Waals surface area contributed by atoms with E-state index in [0.29, 0.717) is 50.1 Å². The predicted molar refractivity (Wildman–Crippen MR) is 110 cm³/mol. The Morgan fingerprint density at radius 2 is 1.97 bits per heavy atom. The van der Waals surface area contributed by atoms with Crippen LogP contribution in [0.15, 0.2) is 41.5 Å². The van der Waals surface area contributed by atoms with Gasteiger partial charge >= 0.3 is 0 Å². The summed E-state index contributed by atoms with van der Waals surface area (Å²) in [5, 5.41) is 2.90. The van der Waals surface area contributed by atoms with Gasteiger partial charge in [-0.25, -0.2) is 4.98 Å². The van der Waals surface area contributed by atoms with Gasteiger partial charge in [-0.15, -0.1) is 0 Å². The van der Waals surface area contributed by atoms with E-state index in [1.165, 1.54) is 0 Å². The molecule has 1 saturated heterocycles. The van der Waals surface area contributed by atoms with Gasteiger partial charge in [-0.1, -0.05) is 0 Å². The number of pyridine rings is 1. The average molecular weight is 395 g/mol. The molecule has 3 aromatic rings. The number of amides is 2. The molecular formula is C21H25N5O3. The highest BCUT2D eigenvalue weighted by atomic mass is 16.2. The number of nitrogens with zero attached hydrogens (tertiary/aromatic N) is 4.